The number of hydrogen-bond donors (Lipinski definition) is 2. The van der Waals surface area contributed by atoms with Gasteiger partial charge in [-0.15, -0.1) is 0 Å². The Labute approximate surface area is 101 Å². The number of aromatic nitrogens is 1. The number of nitrogens with one attached hydrogen (secondary N) is 1. The second-order valence-corrected chi connectivity index (χ2v) is 4.49. The molecule has 90 valence electrons. The zero-order valence-electron chi connectivity index (χ0n) is 9.76. The van der Waals surface area contributed by atoms with E-state index in [1.165, 1.54) is 6.42 Å². The van der Waals surface area contributed by atoms with E-state index in [0.717, 1.165) is 31.4 Å². The van der Waals surface area contributed by atoms with Gasteiger partial charge in [-0.05, 0) is 18.9 Å². The minimum absolute atomic E-state index is 0.0359. The Morgan fingerprint density at radius 3 is 3.00 bits per heavy atom. The van der Waals surface area contributed by atoms with E-state index >= 15 is 0 Å². The van der Waals surface area contributed by atoms with Crippen molar-refractivity contribution in [2.24, 2.45) is 0 Å². The van der Waals surface area contributed by atoms with E-state index in [2.05, 4.69) is 16.4 Å². The van der Waals surface area contributed by atoms with Crippen LogP contribution in [0.1, 0.15) is 37.7 Å². The van der Waals surface area contributed by atoms with E-state index in [1.807, 2.05) is 0 Å². The monoisotopic (exact) mass is 231 g/mol. The minimum atomic E-state index is -0.329. The average Bonchev–Trinajstić information content (AvgIpc) is 2.56. The van der Waals surface area contributed by atoms with Gasteiger partial charge in [-0.2, -0.15) is 5.26 Å². The maximum absolute atomic E-state index is 10.0. The summed E-state index contributed by atoms with van der Waals surface area (Å²) < 4.78 is 0. The third kappa shape index (κ3) is 2.95. The smallest absolute Gasteiger partial charge is 0.101 e. The van der Waals surface area contributed by atoms with Crippen molar-refractivity contribution in [2.75, 3.05) is 5.32 Å². The fourth-order valence-corrected chi connectivity index (χ4v) is 2.26. The van der Waals surface area contributed by atoms with E-state index in [0.29, 0.717) is 5.56 Å². The molecule has 17 heavy (non-hydrogen) atoms. The highest BCUT2D eigenvalue weighted by Crippen LogP contribution is 2.22. The fourth-order valence-electron chi connectivity index (χ4n) is 2.26. The summed E-state index contributed by atoms with van der Waals surface area (Å²) in [5, 5.41) is 22.3. The largest absolute Gasteiger partial charge is 0.391 e. The van der Waals surface area contributed by atoms with Crippen molar-refractivity contribution in [1.82, 2.24) is 4.98 Å². The Balaban J connectivity index is 2.11. The summed E-state index contributed by atoms with van der Waals surface area (Å²) in [5.74, 6) is 0. The first-order chi connectivity index (χ1) is 8.31. The normalized spacial score (nSPS) is 24.7. The summed E-state index contributed by atoms with van der Waals surface area (Å²) in [6.45, 7) is 0. The van der Waals surface area contributed by atoms with E-state index in [-0.39, 0.29) is 12.1 Å². The molecule has 4 heteroatoms. The Morgan fingerprint density at radius 2 is 2.18 bits per heavy atom. The van der Waals surface area contributed by atoms with E-state index in [4.69, 9.17) is 5.26 Å². The molecule has 1 aliphatic carbocycles. The lowest BCUT2D eigenvalue weighted by Gasteiger charge is -2.23. The number of rotatable bonds is 2. The molecule has 0 amide bonds. The zero-order valence-corrected chi connectivity index (χ0v) is 9.76. The molecule has 0 saturated heterocycles. The molecule has 1 heterocycles. The molecule has 2 unspecified atom stereocenters. The molecular formula is C13H17N3O. The van der Waals surface area contributed by atoms with Crippen LogP contribution in [0.4, 0.5) is 5.69 Å². The molecule has 1 fully saturated rings. The van der Waals surface area contributed by atoms with Gasteiger partial charge in [0.15, 0.2) is 0 Å². The molecule has 4 nitrogen and oxygen atoms in total. The van der Waals surface area contributed by atoms with Crippen LogP contribution in [0, 0.1) is 11.3 Å². The third-order valence-corrected chi connectivity index (χ3v) is 3.26. The lowest BCUT2D eigenvalue weighted by Crippen LogP contribution is -2.32. The highest BCUT2D eigenvalue weighted by Gasteiger charge is 2.22. The van der Waals surface area contributed by atoms with Gasteiger partial charge in [0, 0.05) is 6.20 Å². The second kappa shape index (κ2) is 5.65. The van der Waals surface area contributed by atoms with Crippen LogP contribution in [-0.2, 0) is 0 Å². The van der Waals surface area contributed by atoms with Crippen LogP contribution in [0.3, 0.4) is 0 Å². The van der Waals surface area contributed by atoms with Gasteiger partial charge in [0.25, 0.3) is 0 Å². The summed E-state index contributed by atoms with van der Waals surface area (Å²) in [6.07, 6.45) is 8.08. The lowest BCUT2D eigenvalue weighted by atomic mass is 10.1. The van der Waals surface area contributed by atoms with Gasteiger partial charge < -0.3 is 10.4 Å². The number of nitrogens with zero attached hydrogens (tertiary/aromatic N) is 2. The topological polar surface area (TPSA) is 68.9 Å². The molecule has 0 aromatic carbocycles. The molecule has 2 N–H and O–H groups in total. The second-order valence-electron chi connectivity index (χ2n) is 4.49. The molecular weight excluding hydrogens is 214 g/mol. The molecule has 0 aliphatic heterocycles. The van der Waals surface area contributed by atoms with Crippen LogP contribution in [-0.4, -0.2) is 22.2 Å². The first kappa shape index (κ1) is 11.9. The maximum Gasteiger partial charge on any atom is 0.101 e. The minimum Gasteiger partial charge on any atom is -0.391 e. The summed E-state index contributed by atoms with van der Waals surface area (Å²) in [7, 11) is 0. The van der Waals surface area contributed by atoms with Crippen molar-refractivity contribution in [3.63, 3.8) is 0 Å². The van der Waals surface area contributed by atoms with Crippen LogP contribution in [0.15, 0.2) is 18.5 Å². The van der Waals surface area contributed by atoms with Crippen molar-refractivity contribution < 1.29 is 5.11 Å². The van der Waals surface area contributed by atoms with E-state index in [9.17, 15) is 5.11 Å². The first-order valence-corrected chi connectivity index (χ1v) is 6.10. The summed E-state index contributed by atoms with van der Waals surface area (Å²) in [6, 6.07) is 3.85. The van der Waals surface area contributed by atoms with E-state index in [1.54, 1.807) is 18.5 Å². The molecule has 0 spiro atoms. The number of anilines is 1. The maximum atomic E-state index is 10.0. The van der Waals surface area contributed by atoms with Gasteiger partial charge in [-0.1, -0.05) is 19.3 Å². The number of aliphatic hydroxyl groups is 1. The average molecular weight is 231 g/mol. The van der Waals surface area contributed by atoms with Gasteiger partial charge >= 0.3 is 0 Å². The van der Waals surface area contributed by atoms with Crippen LogP contribution >= 0.6 is 0 Å². The molecule has 1 aliphatic rings. The van der Waals surface area contributed by atoms with Crippen molar-refractivity contribution >= 4 is 5.69 Å². The Hall–Kier alpha value is -1.60. The SMILES string of the molecule is N#Cc1ccncc1NC1CCCCCC1O. The fraction of sp³-hybridized carbons (Fsp3) is 0.538. The van der Waals surface area contributed by atoms with Gasteiger partial charge in [0.05, 0.1) is 29.6 Å². The third-order valence-electron chi connectivity index (χ3n) is 3.26. The quantitative estimate of drug-likeness (QED) is 0.764. The summed E-state index contributed by atoms with van der Waals surface area (Å²) >= 11 is 0. The molecule has 0 radical (unpaired) electrons. The Morgan fingerprint density at radius 1 is 1.35 bits per heavy atom. The zero-order chi connectivity index (χ0) is 12.1. The Kier molecular flexibility index (Phi) is 3.94. The highest BCUT2D eigenvalue weighted by molar-refractivity contribution is 5.56. The van der Waals surface area contributed by atoms with Crippen molar-refractivity contribution in [1.29, 1.82) is 5.26 Å². The van der Waals surface area contributed by atoms with Gasteiger partial charge in [0.2, 0.25) is 0 Å². The van der Waals surface area contributed by atoms with Crippen molar-refractivity contribution in [2.45, 2.75) is 44.2 Å². The first-order valence-electron chi connectivity index (χ1n) is 6.10. The Bertz CT molecular complexity index is 413. The van der Waals surface area contributed by atoms with Crippen LogP contribution in [0.25, 0.3) is 0 Å². The van der Waals surface area contributed by atoms with Crippen molar-refractivity contribution in [3.05, 3.63) is 24.0 Å². The molecule has 1 saturated carbocycles. The molecule has 1 aromatic heterocycles. The van der Waals surface area contributed by atoms with Gasteiger partial charge in [-0.3, -0.25) is 4.98 Å². The van der Waals surface area contributed by atoms with Gasteiger partial charge in [-0.25, -0.2) is 0 Å². The number of nitriles is 1. The predicted molar refractivity (Wildman–Crippen MR) is 65.5 cm³/mol. The molecule has 1 aromatic rings. The molecule has 2 rings (SSSR count). The van der Waals surface area contributed by atoms with Gasteiger partial charge in [0.1, 0.15) is 6.07 Å². The summed E-state index contributed by atoms with van der Waals surface area (Å²) in [5.41, 5.74) is 1.30. The highest BCUT2D eigenvalue weighted by atomic mass is 16.3. The standard InChI is InChI=1S/C13H17N3O/c14-8-10-6-7-15-9-12(10)16-11-4-2-1-3-5-13(11)17/h6-7,9,11,13,16-17H,1-5H2. The van der Waals surface area contributed by atoms with Crippen LogP contribution < -0.4 is 5.32 Å². The number of hydrogen-bond acceptors (Lipinski definition) is 4. The summed E-state index contributed by atoms with van der Waals surface area (Å²) in [4.78, 5) is 4.01. The molecule has 2 atom stereocenters. The van der Waals surface area contributed by atoms with Crippen LogP contribution in [0.2, 0.25) is 0 Å². The van der Waals surface area contributed by atoms with E-state index < -0.39 is 0 Å². The lowest BCUT2D eigenvalue weighted by molar-refractivity contribution is 0.144. The van der Waals surface area contributed by atoms with Crippen molar-refractivity contribution in [3.8, 4) is 6.07 Å². The number of pyridine rings is 1. The number of aliphatic hydroxyl groups excluding tert-OH is 1. The molecule has 0 bridgehead atoms. The van der Waals surface area contributed by atoms with Crippen LogP contribution in [0.5, 0.6) is 0 Å². The predicted octanol–water partition coefficient (Wildman–Crippen LogP) is 2.06.